The second-order valence-corrected chi connectivity index (χ2v) is 6.27. The van der Waals surface area contributed by atoms with Crippen molar-refractivity contribution in [1.82, 2.24) is 16.0 Å². The summed E-state index contributed by atoms with van der Waals surface area (Å²) in [5.74, 6) is -4.77. The van der Waals surface area contributed by atoms with Gasteiger partial charge in [0, 0.05) is 0 Å². The van der Waals surface area contributed by atoms with E-state index in [9.17, 15) is 24.0 Å². The number of aliphatic hydroxyl groups is 1. The number of nitrogens with two attached hydrogens (primary N) is 2. The largest absolute Gasteiger partial charge is 0.480 e. The molecular formula is C15H27N5O7. The highest BCUT2D eigenvalue weighted by molar-refractivity contribution is 5.95. The van der Waals surface area contributed by atoms with Crippen LogP contribution in [0.25, 0.3) is 0 Å². The van der Waals surface area contributed by atoms with Gasteiger partial charge >= 0.3 is 5.97 Å². The van der Waals surface area contributed by atoms with Crippen molar-refractivity contribution in [1.29, 1.82) is 0 Å². The van der Waals surface area contributed by atoms with Crippen LogP contribution in [-0.4, -0.2) is 71.1 Å². The molecule has 0 rings (SSSR count). The van der Waals surface area contributed by atoms with Gasteiger partial charge in [-0.1, -0.05) is 13.8 Å². The summed E-state index contributed by atoms with van der Waals surface area (Å²) in [6.45, 7) is 2.38. The zero-order valence-electron chi connectivity index (χ0n) is 15.2. The van der Waals surface area contributed by atoms with E-state index in [2.05, 4.69) is 10.6 Å². The summed E-state index contributed by atoms with van der Waals surface area (Å²) < 4.78 is 0. The highest BCUT2D eigenvalue weighted by Crippen LogP contribution is 2.06. The van der Waals surface area contributed by atoms with E-state index < -0.39 is 60.8 Å². The third kappa shape index (κ3) is 9.51. The molecule has 9 N–H and O–H groups in total. The van der Waals surface area contributed by atoms with Crippen molar-refractivity contribution in [2.24, 2.45) is 17.4 Å². The topological polar surface area (TPSA) is 214 Å². The molecule has 3 unspecified atom stereocenters. The maximum absolute atomic E-state index is 12.5. The summed E-state index contributed by atoms with van der Waals surface area (Å²) in [5.41, 5.74) is 10.3. The first-order valence-corrected chi connectivity index (χ1v) is 8.23. The molecule has 0 spiro atoms. The van der Waals surface area contributed by atoms with Crippen molar-refractivity contribution in [3.8, 4) is 0 Å². The Balaban J connectivity index is 5.29. The fourth-order valence-electron chi connectivity index (χ4n) is 2.10. The number of carboxylic acids is 1. The van der Waals surface area contributed by atoms with E-state index in [-0.39, 0.29) is 18.9 Å². The Morgan fingerprint density at radius 3 is 1.85 bits per heavy atom. The molecule has 0 aromatic rings. The minimum absolute atomic E-state index is 0.00743. The van der Waals surface area contributed by atoms with Crippen molar-refractivity contribution < 1.29 is 34.2 Å². The Labute approximate surface area is 156 Å². The highest BCUT2D eigenvalue weighted by Gasteiger charge is 2.30. The molecule has 12 heteroatoms. The monoisotopic (exact) mass is 389 g/mol. The van der Waals surface area contributed by atoms with E-state index in [1.54, 1.807) is 13.8 Å². The van der Waals surface area contributed by atoms with Crippen LogP contribution in [0.4, 0.5) is 0 Å². The van der Waals surface area contributed by atoms with Crippen molar-refractivity contribution >= 4 is 29.6 Å². The van der Waals surface area contributed by atoms with Crippen LogP contribution in [0, 0.1) is 5.92 Å². The molecule has 0 saturated carbocycles. The van der Waals surface area contributed by atoms with Crippen molar-refractivity contribution in [2.75, 3.05) is 13.2 Å². The smallest absolute Gasteiger partial charge is 0.328 e. The Morgan fingerprint density at radius 1 is 0.926 bits per heavy atom. The number of amides is 4. The molecule has 0 aliphatic carbocycles. The first kappa shape index (κ1) is 24.3. The molecule has 3 atom stereocenters. The highest BCUT2D eigenvalue weighted by atomic mass is 16.4. The minimum Gasteiger partial charge on any atom is -0.480 e. The number of carbonyl (C=O) groups is 5. The molecule has 0 aliphatic heterocycles. The van der Waals surface area contributed by atoms with Gasteiger partial charge in [-0.25, -0.2) is 4.79 Å². The van der Waals surface area contributed by atoms with E-state index >= 15 is 0 Å². The van der Waals surface area contributed by atoms with Gasteiger partial charge in [0.15, 0.2) is 0 Å². The van der Waals surface area contributed by atoms with E-state index in [0.29, 0.717) is 0 Å². The van der Waals surface area contributed by atoms with Gasteiger partial charge in [-0.2, -0.15) is 0 Å². The average molecular weight is 389 g/mol. The molecule has 0 bridgehead atoms. The molecular weight excluding hydrogens is 362 g/mol. The molecule has 154 valence electrons. The zero-order chi connectivity index (χ0) is 21.1. The number of aliphatic carboxylic acids is 1. The summed E-state index contributed by atoms with van der Waals surface area (Å²) in [6.07, 6.45) is -0.370. The number of nitrogens with one attached hydrogen (secondary N) is 3. The second-order valence-electron chi connectivity index (χ2n) is 6.27. The van der Waals surface area contributed by atoms with Crippen molar-refractivity contribution in [3.05, 3.63) is 0 Å². The summed E-state index contributed by atoms with van der Waals surface area (Å²) in [6, 6.07) is -4.11. The third-order valence-electron chi connectivity index (χ3n) is 3.38. The van der Waals surface area contributed by atoms with Gasteiger partial charge in [0.25, 0.3) is 0 Å². The van der Waals surface area contributed by atoms with Crippen molar-refractivity contribution in [2.45, 2.75) is 44.8 Å². The third-order valence-corrected chi connectivity index (χ3v) is 3.38. The normalized spacial score (nSPS) is 14.0. The van der Waals surface area contributed by atoms with Crippen LogP contribution in [-0.2, 0) is 24.0 Å². The molecule has 0 fully saturated rings. The van der Waals surface area contributed by atoms with Crippen LogP contribution < -0.4 is 27.4 Å². The van der Waals surface area contributed by atoms with Crippen molar-refractivity contribution in [3.63, 3.8) is 0 Å². The molecule has 0 aromatic heterocycles. The first-order valence-electron chi connectivity index (χ1n) is 8.23. The molecule has 0 heterocycles. The summed E-state index contributed by atoms with van der Waals surface area (Å²) in [5, 5.41) is 24.5. The van der Waals surface area contributed by atoms with Gasteiger partial charge in [-0.15, -0.1) is 0 Å². The van der Waals surface area contributed by atoms with Gasteiger partial charge in [0.1, 0.15) is 18.1 Å². The van der Waals surface area contributed by atoms with Crippen LogP contribution in [0.2, 0.25) is 0 Å². The van der Waals surface area contributed by atoms with Crippen LogP contribution in [0.1, 0.15) is 26.7 Å². The van der Waals surface area contributed by atoms with Crippen LogP contribution in [0.5, 0.6) is 0 Å². The predicted octanol–water partition coefficient (Wildman–Crippen LogP) is -3.60. The number of hydrogen-bond acceptors (Lipinski definition) is 7. The number of rotatable bonds is 12. The Hall–Kier alpha value is -2.73. The van der Waals surface area contributed by atoms with Gasteiger partial charge in [-0.05, 0) is 12.3 Å². The van der Waals surface area contributed by atoms with Gasteiger partial charge in [-0.3, -0.25) is 19.2 Å². The molecule has 0 aromatic carbocycles. The predicted molar refractivity (Wildman–Crippen MR) is 92.8 cm³/mol. The number of aliphatic hydroxyl groups excluding tert-OH is 1. The lowest BCUT2D eigenvalue weighted by atomic mass is 10.0. The van der Waals surface area contributed by atoms with E-state index in [1.807, 2.05) is 5.32 Å². The maximum atomic E-state index is 12.5. The van der Waals surface area contributed by atoms with Gasteiger partial charge in [0.2, 0.25) is 23.6 Å². The summed E-state index contributed by atoms with van der Waals surface area (Å²) in [4.78, 5) is 58.2. The zero-order valence-corrected chi connectivity index (χ0v) is 15.2. The molecule has 0 radical (unpaired) electrons. The SMILES string of the molecule is CC(C)CC(NC(=O)CN)C(=O)NC(CC(N)=O)C(=O)NC(CO)C(=O)O. The lowest BCUT2D eigenvalue weighted by Gasteiger charge is -2.24. The van der Waals surface area contributed by atoms with Crippen LogP contribution in [0.15, 0.2) is 0 Å². The van der Waals surface area contributed by atoms with E-state index in [1.165, 1.54) is 0 Å². The lowest BCUT2D eigenvalue weighted by molar-refractivity contribution is -0.143. The Bertz CT molecular complexity index is 567. The molecule has 27 heavy (non-hydrogen) atoms. The standard InChI is InChI=1S/C15H27N5O7/c1-7(2)3-8(18-12(23)5-16)13(24)19-9(4-11(17)22)14(25)20-10(6-21)15(26)27/h7-10,21H,3-6,16H2,1-2H3,(H2,17,22)(H,18,23)(H,19,24)(H,20,25)(H,26,27). The maximum Gasteiger partial charge on any atom is 0.328 e. The lowest BCUT2D eigenvalue weighted by Crippen LogP contribution is -2.57. The van der Waals surface area contributed by atoms with E-state index in [0.717, 1.165) is 0 Å². The molecule has 0 aliphatic rings. The number of carboxylic acid groups (broad SMARTS) is 1. The van der Waals surface area contributed by atoms with Crippen LogP contribution in [0.3, 0.4) is 0 Å². The molecule has 0 saturated heterocycles. The first-order chi connectivity index (χ1) is 12.5. The fourth-order valence-corrected chi connectivity index (χ4v) is 2.10. The Morgan fingerprint density at radius 2 is 1.44 bits per heavy atom. The number of carbonyl (C=O) groups excluding carboxylic acids is 4. The van der Waals surface area contributed by atoms with E-state index in [4.69, 9.17) is 21.7 Å². The van der Waals surface area contributed by atoms with Crippen LogP contribution >= 0.6 is 0 Å². The summed E-state index contributed by atoms with van der Waals surface area (Å²) in [7, 11) is 0. The average Bonchev–Trinajstić information content (AvgIpc) is 2.56. The molecule has 4 amide bonds. The summed E-state index contributed by atoms with van der Waals surface area (Å²) >= 11 is 0. The van der Waals surface area contributed by atoms with Gasteiger partial charge in [0.05, 0.1) is 19.6 Å². The Kier molecular flexibility index (Phi) is 10.6. The fraction of sp³-hybridized carbons (Fsp3) is 0.667. The number of primary amides is 1. The number of hydrogen-bond donors (Lipinski definition) is 7. The van der Waals surface area contributed by atoms with Gasteiger partial charge < -0.3 is 37.6 Å². The minimum atomic E-state index is -1.62. The molecule has 12 nitrogen and oxygen atoms in total. The quantitative estimate of drug-likeness (QED) is 0.176. The second kappa shape index (κ2) is 11.8.